The molecule has 16 heavy (non-hydrogen) atoms. The molecule has 92 valence electrons. The quantitative estimate of drug-likeness (QED) is 0.493. The molecule has 1 saturated heterocycles. The standard InChI is InChI=1S/C9H15NO5S/c1-4-15-9(12)6-5-7(16(3,13)14)10(2)8(6)11/h6-7H,4-5H2,1-3H3/t6-,7-/m0/s1. The fourth-order valence-corrected chi connectivity index (χ4v) is 2.97. The zero-order chi connectivity index (χ0) is 12.5. The van der Waals surface area contributed by atoms with Crippen molar-refractivity contribution in [2.24, 2.45) is 5.92 Å². The molecule has 0 saturated carbocycles. The second-order valence-corrected chi connectivity index (χ2v) is 5.98. The van der Waals surface area contributed by atoms with Crippen LogP contribution in [0.1, 0.15) is 13.3 Å². The number of rotatable bonds is 3. The first-order chi connectivity index (χ1) is 7.29. The predicted molar refractivity (Wildman–Crippen MR) is 56.1 cm³/mol. The Morgan fingerprint density at radius 2 is 2.12 bits per heavy atom. The molecule has 2 atom stereocenters. The van der Waals surface area contributed by atoms with E-state index in [1.54, 1.807) is 6.92 Å². The van der Waals surface area contributed by atoms with Gasteiger partial charge in [0.15, 0.2) is 9.84 Å². The largest absolute Gasteiger partial charge is 0.465 e. The summed E-state index contributed by atoms with van der Waals surface area (Å²) < 4.78 is 27.5. The zero-order valence-corrected chi connectivity index (χ0v) is 10.3. The van der Waals surface area contributed by atoms with Gasteiger partial charge in [-0.3, -0.25) is 9.59 Å². The van der Waals surface area contributed by atoms with Gasteiger partial charge >= 0.3 is 5.97 Å². The molecule has 1 rings (SSSR count). The van der Waals surface area contributed by atoms with E-state index in [9.17, 15) is 18.0 Å². The van der Waals surface area contributed by atoms with E-state index < -0.39 is 33.0 Å². The summed E-state index contributed by atoms with van der Waals surface area (Å²) in [6.45, 7) is 1.81. The van der Waals surface area contributed by atoms with Crippen LogP contribution in [0.15, 0.2) is 0 Å². The van der Waals surface area contributed by atoms with Crippen LogP contribution in [0.3, 0.4) is 0 Å². The lowest BCUT2D eigenvalue weighted by Gasteiger charge is -2.16. The van der Waals surface area contributed by atoms with Crippen LogP contribution in [0, 0.1) is 5.92 Å². The summed E-state index contributed by atoms with van der Waals surface area (Å²) in [5, 5.41) is -0.922. The molecular weight excluding hydrogens is 234 g/mol. The maximum atomic E-state index is 11.6. The molecule has 1 aliphatic rings. The van der Waals surface area contributed by atoms with Crippen LogP contribution in [0.2, 0.25) is 0 Å². The van der Waals surface area contributed by atoms with E-state index >= 15 is 0 Å². The van der Waals surface area contributed by atoms with Gasteiger partial charge in [-0.1, -0.05) is 0 Å². The molecule has 0 bridgehead atoms. The Hall–Kier alpha value is -1.11. The first-order valence-electron chi connectivity index (χ1n) is 4.91. The number of sulfone groups is 1. The molecule has 0 spiro atoms. The van der Waals surface area contributed by atoms with Crippen molar-refractivity contribution < 1.29 is 22.7 Å². The third-order valence-corrected chi connectivity index (χ3v) is 4.08. The average molecular weight is 249 g/mol. The van der Waals surface area contributed by atoms with Gasteiger partial charge in [-0.25, -0.2) is 8.42 Å². The molecule has 1 amide bonds. The van der Waals surface area contributed by atoms with E-state index in [1.165, 1.54) is 7.05 Å². The summed E-state index contributed by atoms with van der Waals surface area (Å²) in [4.78, 5) is 24.1. The average Bonchev–Trinajstić information content (AvgIpc) is 2.44. The van der Waals surface area contributed by atoms with Crippen molar-refractivity contribution in [2.45, 2.75) is 18.7 Å². The van der Waals surface area contributed by atoms with Gasteiger partial charge in [-0.2, -0.15) is 0 Å². The topological polar surface area (TPSA) is 80.8 Å². The molecule has 0 N–H and O–H groups in total. The Balaban J connectivity index is 2.88. The van der Waals surface area contributed by atoms with Crippen LogP contribution < -0.4 is 0 Å². The Labute approximate surface area is 94.5 Å². The SMILES string of the molecule is CCOC(=O)[C@H]1C[C@H](S(C)(=O)=O)N(C)C1=O. The van der Waals surface area contributed by atoms with Crippen LogP contribution in [-0.2, 0) is 24.2 Å². The van der Waals surface area contributed by atoms with E-state index in [2.05, 4.69) is 0 Å². The van der Waals surface area contributed by atoms with Gasteiger partial charge in [0.2, 0.25) is 5.91 Å². The first-order valence-corrected chi connectivity index (χ1v) is 6.86. The van der Waals surface area contributed by atoms with Gasteiger partial charge in [0.05, 0.1) is 6.61 Å². The minimum absolute atomic E-state index is 0.0208. The summed E-state index contributed by atoms with van der Waals surface area (Å²) in [5.74, 6) is -2.12. The van der Waals surface area contributed by atoms with Crippen molar-refractivity contribution in [3.05, 3.63) is 0 Å². The van der Waals surface area contributed by atoms with E-state index in [0.717, 1.165) is 11.2 Å². The van der Waals surface area contributed by atoms with Gasteiger partial charge in [-0.15, -0.1) is 0 Å². The minimum Gasteiger partial charge on any atom is -0.465 e. The molecule has 0 aromatic rings. The van der Waals surface area contributed by atoms with Gasteiger partial charge in [0, 0.05) is 19.7 Å². The number of nitrogens with zero attached hydrogens (tertiary/aromatic N) is 1. The molecule has 1 fully saturated rings. The number of hydrogen-bond donors (Lipinski definition) is 0. The highest BCUT2D eigenvalue weighted by atomic mass is 32.2. The van der Waals surface area contributed by atoms with Crippen molar-refractivity contribution in [2.75, 3.05) is 19.9 Å². The lowest BCUT2D eigenvalue weighted by atomic mass is 10.1. The third kappa shape index (κ3) is 2.34. The number of ether oxygens (including phenoxy) is 1. The summed E-state index contributed by atoms with van der Waals surface area (Å²) in [7, 11) is -1.99. The molecular formula is C9H15NO5S. The first kappa shape index (κ1) is 13.0. The van der Waals surface area contributed by atoms with Gasteiger partial charge in [0.1, 0.15) is 11.3 Å². The van der Waals surface area contributed by atoms with Crippen LogP contribution in [-0.4, -0.2) is 50.5 Å². The summed E-state index contributed by atoms with van der Waals surface area (Å²) in [5.41, 5.74) is 0. The van der Waals surface area contributed by atoms with Crippen molar-refractivity contribution in [1.82, 2.24) is 4.90 Å². The Kier molecular flexibility index (Phi) is 3.57. The molecule has 7 heteroatoms. The molecule has 1 aliphatic heterocycles. The van der Waals surface area contributed by atoms with E-state index in [-0.39, 0.29) is 13.0 Å². The maximum absolute atomic E-state index is 11.6. The number of carbonyl (C=O) groups excluding carboxylic acids is 2. The molecule has 1 heterocycles. The molecule has 0 aliphatic carbocycles. The van der Waals surface area contributed by atoms with Crippen molar-refractivity contribution in [3.8, 4) is 0 Å². The van der Waals surface area contributed by atoms with Crippen molar-refractivity contribution >= 4 is 21.7 Å². The number of amides is 1. The molecule has 0 aromatic heterocycles. The Bertz CT molecular complexity index is 402. The summed E-state index contributed by atoms with van der Waals surface area (Å²) in [6, 6.07) is 0. The van der Waals surface area contributed by atoms with Gasteiger partial charge in [0.25, 0.3) is 0 Å². The lowest BCUT2D eigenvalue weighted by molar-refractivity contribution is -0.152. The van der Waals surface area contributed by atoms with Crippen LogP contribution in [0.25, 0.3) is 0 Å². The number of esters is 1. The molecule has 6 nitrogen and oxygen atoms in total. The normalized spacial score (nSPS) is 25.9. The Morgan fingerprint density at radius 3 is 2.50 bits per heavy atom. The second-order valence-electron chi connectivity index (χ2n) is 3.77. The van der Waals surface area contributed by atoms with E-state index in [0.29, 0.717) is 0 Å². The highest BCUT2D eigenvalue weighted by molar-refractivity contribution is 7.91. The number of likely N-dealkylation sites (tertiary alicyclic amines) is 1. The van der Waals surface area contributed by atoms with Crippen molar-refractivity contribution in [3.63, 3.8) is 0 Å². The Morgan fingerprint density at radius 1 is 1.56 bits per heavy atom. The highest BCUT2D eigenvalue weighted by Crippen LogP contribution is 2.27. The second kappa shape index (κ2) is 4.40. The molecule has 0 unspecified atom stereocenters. The van der Waals surface area contributed by atoms with Crippen molar-refractivity contribution in [1.29, 1.82) is 0 Å². The third-order valence-electron chi connectivity index (χ3n) is 2.58. The lowest BCUT2D eigenvalue weighted by Crippen LogP contribution is -2.35. The number of carbonyl (C=O) groups is 2. The van der Waals surface area contributed by atoms with E-state index in [1.807, 2.05) is 0 Å². The fraction of sp³-hybridized carbons (Fsp3) is 0.778. The molecule has 0 aromatic carbocycles. The van der Waals surface area contributed by atoms with Crippen LogP contribution in [0.4, 0.5) is 0 Å². The smallest absolute Gasteiger partial charge is 0.318 e. The van der Waals surface area contributed by atoms with Gasteiger partial charge in [-0.05, 0) is 6.92 Å². The highest BCUT2D eigenvalue weighted by Gasteiger charge is 2.46. The summed E-state index contributed by atoms with van der Waals surface area (Å²) >= 11 is 0. The van der Waals surface area contributed by atoms with Crippen LogP contribution in [0.5, 0.6) is 0 Å². The minimum atomic E-state index is -3.37. The predicted octanol–water partition coefficient (Wildman–Crippen LogP) is -0.601. The monoisotopic (exact) mass is 249 g/mol. The van der Waals surface area contributed by atoms with Gasteiger partial charge < -0.3 is 9.64 Å². The van der Waals surface area contributed by atoms with Crippen LogP contribution >= 0.6 is 0 Å². The maximum Gasteiger partial charge on any atom is 0.318 e. The summed E-state index contributed by atoms with van der Waals surface area (Å²) in [6.07, 6.45) is 1.03. The fourth-order valence-electron chi connectivity index (χ4n) is 1.75. The molecule has 0 radical (unpaired) electrons. The zero-order valence-electron chi connectivity index (χ0n) is 9.47. The van der Waals surface area contributed by atoms with E-state index in [4.69, 9.17) is 4.74 Å². The number of hydrogen-bond acceptors (Lipinski definition) is 5.